The summed E-state index contributed by atoms with van der Waals surface area (Å²) in [6.45, 7) is 7.91. The van der Waals surface area contributed by atoms with Crippen molar-refractivity contribution in [3.05, 3.63) is 9.52 Å². The molecule has 2 nitrogen and oxygen atoms in total. The molecule has 0 N–H and O–H groups in total. The highest BCUT2D eigenvalue weighted by Crippen LogP contribution is 2.24. The maximum absolute atomic E-state index is 11.9. The number of thioether (sulfide) groups is 1. The Hall–Kier alpha value is 0.430. The molecule has 130 valence electrons. The van der Waals surface area contributed by atoms with Gasteiger partial charge in [0.25, 0.3) is 5.24 Å². The van der Waals surface area contributed by atoms with Crippen molar-refractivity contribution in [1.82, 2.24) is 4.90 Å². The topological polar surface area (TPSA) is 20.3 Å². The smallest absolute Gasteiger partial charge is 0.282 e. The number of carbonyl (C=O) groups excluding carboxylic acids is 1. The van der Waals surface area contributed by atoms with Crippen LogP contribution in [-0.4, -0.2) is 28.0 Å². The van der Waals surface area contributed by atoms with Gasteiger partial charge in [-0.3, -0.25) is 4.79 Å². The van der Waals surface area contributed by atoms with Gasteiger partial charge in [0.2, 0.25) is 0 Å². The van der Waals surface area contributed by atoms with Crippen LogP contribution in [-0.2, 0) is 0 Å². The van der Waals surface area contributed by atoms with E-state index in [0.717, 1.165) is 11.8 Å². The largest absolute Gasteiger partial charge is 0.329 e. The van der Waals surface area contributed by atoms with Crippen LogP contribution in [0.15, 0.2) is 9.52 Å². The zero-order valence-electron chi connectivity index (χ0n) is 14.0. The summed E-state index contributed by atoms with van der Waals surface area (Å²) < 4.78 is 0.0163. The number of nitrogens with zero attached hydrogens (tertiary/aromatic N) is 1. The van der Waals surface area contributed by atoms with Gasteiger partial charge in [-0.1, -0.05) is 85.1 Å². The van der Waals surface area contributed by atoms with Crippen molar-refractivity contribution in [1.29, 1.82) is 0 Å². The molecule has 22 heavy (non-hydrogen) atoms. The summed E-state index contributed by atoms with van der Waals surface area (Å²) in [6.07, 6.45) is 9.00. The minimum absolute atomic E-state index is 0.0160. The number of halogens is 3. The summed E-state index contributed by atoms with van der Waals surface area (Å²) in [5, 5.41) is 0.284. The molecule has 1 aliphatic rings. The first-order valence-corrected chi connectivity index (χ1v) is 10.0. The van der Waals surface area contributed by atoms with Gasteiger partial charge in [0.15, 0.2) is 0 Å². The molecule has 0 bridgehead atoms. The average Bonchev–Trinajstić information content (AvgIpc) is 2.46. The lowest BCUT2D eigenvalue weighted by atomic mass is 10.0. The van der Waals surface area contributed by atoms with Crippen LogP contribution in [0.3, 0.4) is 0 Å². The van der Waals surface area contributed by atoms with Gasteiger partial charge in [-0.25, -0.2) is 0 Å². The molecule has 0 aliphatic heterocycles. The van der Waals surface area contributed by atoms with Crippen molar-refractivity contribution in [2.24, 2.45) is 0 Å². The minimum atomic E-state index is -0.0160. The molecule has 0 aromatic carbocycles. The molecule has 1 rings (SSSR count). The standard InChI is InChI=1S/C10H16Cl3NOS.C6H12/c1-6(2)14(7(3)4)10(15)16-5-8(11)9(12)13;1-2-4-6-5-3-1/h6-7H,5H2,1-4H3;1-6H2. The van der Waals surface area contributed by atoms with Gasteiger partial charge in [-0.15, -0.1) is 0 Å². The highest BCUT2D eigenvalue weighted by atomic mass is 35.5. The van der Waals surface area contributed by atoms with Crippen LogP contribution >= 0.6 is 46.6 Å². The minimum Gasteiger partial charge on any atom is -0.329 e. The first kappa shape index (κ1) is 22.4. The molecule has 0 spiro atoms. The third kappa shape index (κ3) is 10.3. The molecular formula is C16H28Cl3NOS. The Morgan fingerprint density at radius 3 is 1.55 bits per heavy atom. The molecule has 0 saturated heterocycles. The zero-order chi connectivity index (χ0) is 17.1. The fourth-order valence-corrected chi connectivity index (χ4v) is 3.75. The fourth-order valence-electron chi connectivity index (χ4n) is 2.33. The first-order valence-electron chi connectivity index (χ1n) is 7.92. The van der Waals surface area contributed by atoms with Gasteiger partial charge in [0.05, 0.1) is 5.03 Å². The van der Waals surface area contributed by atoms with Crippen molar-refractivity contribution < 1.29 is 4.79 Å². The molecular weight excluding hydrogens is 361 g/mol. The van der Waals surface area contributed by atoms with Gasteiger partial charge in [-0.05, 0) is 27.7 Å². The van der Waals surface area contributed by atoms with E-state index in [9.17, 15) is 4.79 Å². The van der Waals surface area contributed by atoms with Gasteiger partial charge in [0, 0.05) is 17.8 Å². The highest BCUT2D eigenvalue weighted by molar-refractivity contribution is 8.13. The maximum atomic E-state index is 11.9. The van der Waals surface area contributed by atoms with Crippen LogP contribution < -0.4 is 0 Å². The van der Waals surface area contributed by atoms with Crippen molar-refractivity contribution in [2.75, 3.05) is 5.75 Å². The fraction of sp³-hybridized carbons (Fsp3) is 0.812. The summed E-state index contributed by atoms with van der Waals surface area (Å²) in [5.41, 5.74) is 0. The molecule has 1 aliphatic carbocycles. The van der Waals surface area contributed by atoms with Gasteiger partial charge >= 0.3 is 0 Å². The molecule has 1 fully saturated rings. The molecule has 6 heteroatoms. The SMILES string of the molecule is C1CCCCC1.CC(C)N(C(=O)SCC(Cl)=C(Cl)Cl)C(C)C. The molecule has 0 atom stereocenters. The number of hydrogen-bond donors (Lipinski definition) is 0. The van der Waals surface area contributed by atoms with Crippen LogP contribution in [0, 0.1) is 0 Å². The van der Waals surface area contributed by atoms with Crippen LogP contribution in [0.25, 0.3) is 0 Å². The van der Waals surface area contributed by atoms with Crippen LogP contribution in [0.2, 0.25) is 0 Å². The quantitative estimate of drug-likeness (QED) is 0.508. The summed E-state index contributed by atoms with van der Waals surface area (Å²) in [6, 6.07) is 0.323. The molecule has 0 heterocycles. The summed E-state index contributed by atoms with van der Waals surface area (Å²) in [7, 11) is 0. The predicted octanol–water partition coefficient (Wildman–Crippen LogP) is 7.18. The Kier molecular flexibility index (Phi) is 13.1. The summed E-state index contributed by atoms with van der Waals surface area (Å²) in [4.78, 5) is 13.7. The third-order valence-electron chi connectivity index (χ3n) is 3.35. The van der Waals surface area contributed by atoms with Gasteiger partial charge < -0.3 is 4.90 Å². The normalized spacial score (nSPS) is 14.4. The van der Waals surface area contributed by atoms with Crippen molar-refractivity contribution in [3.8, 4) is 0 Å². The maximum Gasteiger partial charge on any atom is 0.282 e. The lowest BCUT2D eigenvalue weighted by Gasteiger charge is -2.30. The molecule has 1 amide bonds. The molecule has 1 saturated carbocycles. The lowest BCUT2D eigenvalue weighted by molar-refractivity contribution is 0.190. The van der Waals surface area contributed by atoms with Crippen LogP contribution in [0.5, 0.6) is 0 Å². The monoisotopic (exact) mass is 387 g/mol. The Bertz CT molecular complexity index is 332. The lowest BCUT2D eigenvalue weighted by Crippen LogP contribution is -2.39. The van der Waals surface area contributed by atoms with E-state index in [2.05, 4.69) is 0 Å². The molecule has 0 unspecified atom stereocenters. The van der Waals surface area contributed by atoms with Crippen molar-refractivity contribution in [3.63, 3.8) is 0 Å². The van der Waals surface area contributed by atoms with Crippen LogP contribution in [0.4, 0.5) is 4.79 Å². The molecule has 0 aromatic rings. The zero-order valence-corrected chi connectivity index (χ0v) is 17.1. The Morgan fingerprint density at radius 1 is 0.909 bits per heavy atom. The number of carbonyl (C=O) groups is 1. The summed E-state index contributed by atoms with van der Waals surface area (Å²) >= 11 is 17.8. The van der Waals surface area contributed by atoms with E-state index in [1.807, 2.05) is 27.7 Å². The molecule has 0 radical (unpaired) electrons. The van der Waals surface area contributed by atoms with E-state index in [4.69, 9.17) is 34.8 Å². The Labute approximate surface area is 154 Å². The van der Waals surface area contributed by atoms with E-state index in [1.54, 1.807) is 4.90 Å². The van der Waals surface area contributed by atoms with E-state index in [1.165, 1.54) is 38.5 Å². The second kappa shape index (κ2) is 12.8. The Morgan fingerprint density at radius 2 is 1.27 bits per heavy atom. The third-order valence-corrected chi connectivity index (χ3v) is 5.37. The van der Waals surface area contributed by atoms with Gasteiger partial charge in [-0.2, -0.15) is 0 Å². The highest BCUT2D eigenvalue weighted by Gasteiger charge is 2.20. The number of rotatable bonds is 4. The first-order chi connectivity index (χ1) is 10.3. The predicted molar refractivity (Wildman–Crippen MR) is 102 cm³/mol. The second-order valence-electron chi connectivity index (χ2n) is 5.94. The average molecular weight is 389 g/mol. The second-order valence-corrected chi connectivity index (χ2v) is 8.27. The van der Waals surface area contributed by atoms with E-state index in [-0.39, 0.29) is 21.8 Å². The number of hydrogen-bond acceptors (Lipinski definition) is 2. The number of amides is 1. The van der Waals surface area contributed by atoms with E-state index in [0.29, 0.717) is 10.8 Å². The molecule has 0 aromatic heterocycles. The van der Waals surface area contributed by atoms with Gasteiger partial charge in [0.1, 0.15) is 4.49 Å². The van der Waals surface area contributed by atoms with Crippen molar-refractivity contribution in [2.45, 2.75) is 78.3 Å². The van der Waals surface area contributed by atoms with Crippen molar-refractivity contribution >= 4 is 51.8 Å². The Balaban J connectivity index is 0.000000604. The van der Waals surface area contributed by atoms with Crippen LogP contribution in [0.1, 0.15) is 66.2 Å². The van der Waals surface area contributed by atoms with E-state index >= 15 is 0 Å². The van der Waals surface area contributed by atoms with E-state index < -0.39 is 0 Å². The summed E-state index contributed by atoms with van der Waals surface area (Å²) in [5.74, 6) is 0.304.